The summed E-state index contributed by atoms with van der Waals surface area (Å²) in [7, 11) is 0. The van der Waals surface area contributed by atoms with Gasteiger partial charge < -0.3 is 5.32 Å². The maximum Gasteiger partial charge on any atom is 0.293 e. The number of carbonyl (C=O) groups excluding carboxylic acids is 1. The second-order valence-corrected chi connectivity index (χ2v) is 6.46. The molecule has 0 spiro atoms. The van der Waals surface area contributed by atoms with Gasteiger partial charge in [0.2, 0.25) is 5.91 Å². The molecular weight excluding hydrogens is 338 g/mol. The van der Waals surface area contributed by atoms with Crippen LogP contribution in [0.15, 0.2) is 59.6 Å². The summed E-state index contributed by atoms with van der Waals surface area (Å²) in [5.41, 5.74) is 1.70. The molecule has 1 N–H and O–H groups in total. The number of nitro benzene ring substituents is 1. The van der Waals surface area contributed by atoms with Crippen molar-refractivity contribution in [1.29, 1.82) is 0 Å². The Kier molecular flexibility index (Phi) is 4.95. The summed E-state index contributed by atoms with van der Waals surface area (Å²) in [6.07, 6.45) is 1.71. The van der Waals surface area contributed by atoms with Gasteiger partial charge in [0, 0.05) is 22.5 Å². The molecule has 0 fully saturated rings. The van der Waals surface area contributed by atoms with Crippen LogP contribution in [-0.4, -0.2) is 21.6 Å². The fraction of sp³-hybridized carbons (Fsp3) is 0.111. The highest BCUT2D eigenvalue weighted by molar-refractivity contribution is 8.00. The van der Waals surface area contributed by atoms with Gasteiger partial charge in [-0.15, -0.1) is 11.8 Å². The van der Waals surface area contributed by atoms with Crippen molar-refractivity contribution < 1.29 is 9.72 Å². The second-order valence-electron chi connectivity index (χ2n) is 5.45. The van der Waals surface area contributed by atoms with E-state index in [0.29, 0.717) is 0 Å². The quantitative estimate of drug-likeness (QED) is 0.422. The number of hydrogen-bond donors (Lipinski definition) is 1. The first-order valence-electron chi connectivity index (χ1n) is 7.56. The van der Waals surface area contributed by atoms with Gasteiger partial charge in [0.05, 0.1) is 16.2 Å². The number of hydrogen-bond acceptors (Lipinski definition) is 5. The number of anilines is 1. The molecule has 3 aromatic rings. The molecule has 6 nitrogen and oxygen atoms in total. The van der Waals surface area contributed by atoms with E-state index in [1.807, 2.05) is 30.3 Å². The van der Waals surface area contributed by atoms with E-state index in [4.69, 9.17) is 0 Å². The standard InChI is InChI=1S/C18H15N3O3S/c1-12-7-8-14(15(10-12)21(23)24)20-17(22)11-25-16-6-2-4-13-5-3-9-19-18(13)16/h2-10H,11H2,1H3,(H,20,22). The van der Waals surface area contributed by atoms with Crippen molar-refractivity contribution in [3.63, 3.8) is 0 Å². The number of thioether (sulfide) groups is 1. The molecule has 0 aliphatic carbocycles. The number of fused-ring (bicyclic) bond motifs is 1. The lowest BCUT2D eigenvalue weighted by atomic mass is 10.2. The lowest BCUT2D eigenvalue weighted by molar-refractivity contribution is -0.384. The highest BCUT2D eigenvalue weighted by Crippen LogP contribution is 2.28. The van der Waals surface area contributed by atoms with Crippen molar-refractivity contribution in [2.45, 2.75) is 11.8 Å². The third-order valence-electron chi connectivity index (χ3n) is 3.58. The van der Waals surface area contributed by atoms with Gasteiger partial charge in [0.1, 0.15) is 5.69 Å². The Morgan fingerprint density at radius 1 is 1.24 bits per heavy atom. The number of nitro groups is 1. The molecule has 126 valence electrons. The summed E-state index contributed by atoms with van der Waals surface area (Å²) in [4.78, 5) is 28.1. The van der Waals surface area contributed by atoms with E-state index in [9.17, 15) is 14.9 Å². The molecule has 7 heteroatoms. The molecule has 0 saturated heterocycles. The number of nitrogens with zero attached hydrogens (tertiary/aromatic N) is 2. The third-order valence-corrected chi connectivity index (χ3v) is 4.63. The van der Waals surface area contributed by atoms with Crippen LogP contribution in [0.1, 0.15) is 5.56 Å². The monoisotopic (exact) mass is 353 g/mol. The summed E-state index contributed by atoms with van der Waals surface area (Å²) in [6.45, 7) is 1.77. The van der Waals surface area contributed by atoms with Crippen LogP contribution in [0.3, 0.4) is 0 Å². The largest absolute Gasteiger partial charge is 0.320 e. The number of benzene rings is 2. The SMILES string of the molecule is Cc1ccc(NC(=O)CSc2cccc3cccnc23)c([N+](=O)[O-])c1. The summed E-state index contributed by atoms with van der Waals surface area (Å²) in [6, 6.07) is 14.3. The lowest BCUT2D eigenvalue weighted by Crippen LogP contribution is -2.15. The van der Waals surface area contributed by atoms with Gasteiger partial charge in [-0.1, -0.05) is 24.3 Å². The first-order valence-corrected chi connectivity index (χ1v) is 8.54. The number of pyridine rings is 1. The Morgan fingerprint density at radius 2 is 2.04 bits per heavy atom. The number of aryl methyl sites for hydroxylation is 1. The minimum absolute atomic E-state index is 0.106. The number of amides is 1. The molecule has 1 aromatic heterocycles. The Labute approximate surface area is 148 Å². The normalized spacial score (nSPS) is 10.6. The minimum atomic E-state index is -0.496. The van der Waals surface area contributed by atoms with Crippen LogP contribution >= 0.6 is 11.8 Å². The van der Waals surface area contributed by atoms with Crippen molar-refractivity contribution >= 4 is 39.9 Å². The van der Waals surface area contributed by atoms with Crippen molar-refractivity contribution in [2.24, 2.45) is 0 Å². The molecule has 0 unspecified atom stereocenters. The van der Waals surface area contributed by atoms with E-state index >= 15 is 0 Å². The maximum atomic E-state index is 12.2. The van der Waals surface area contributed by atoms with Gasteiger partial charge in [0.25, 0.3) is 5.69 Å². The van der Waals surface area contributed by atoms with Gasteiger partial charge in [0.15, 0.2) is 0 Å². The average molecular weight is 353 g/mol. The number of aromatic nitrogens is 1. The van der Waals surface area contributed by atoms with Crippen LogP contribution in [0.2, 0.25) is 0 Å². The maximum absolute atomic E-state index is 12.2. The van der Waals surface area contributed by atoms with E-state index in [2.05, 4.69) is 10.3 Å². The van der Waals surface area contributed by atoms with Crippen molar-refractivity contribution in [3.05, 3.63) is 70.4 Å². The number of nitrogens with one attached hydrogen (secondary N) is 1. The minimum Gasteiger partial charge on any atom is -0.320 e. The highest BCUT2D eigenvalue weighted by Gasteiger charge is 2.16. The van der Waals surface area contributed by atoms with Gasteiger partial charge in [-0.25, -0.2) is 0 Å². The van der Waals surface area contributed by atoms with Crippen molar-refractivity contribution in [3.8, 4) is 0 Å². The van der Waals surface area contributed by atoms with Crippen LogP contribution in [0.25, 0.3) is 10.9 Å². The smallest absolute Gasteiger partial charge is 0.293 e. The van der Waals surface area contributed by atoms with Crippen LogP contribution in [-0.2, 0) is 4.79 Å². The molecule has 0 aliphatic heterocycles. The molecule has 0 atom stereocenters. The summed E-state index contributed by atoms with van der Waals surface area (Å²) in [5, 5.41) is 14.7. The van der Waals surface area contributed by atoms with Crippen LogP contribution in [0.4, 0.5) is 11.4 Å². The lowest BCUT2D eigenvalue weighted by Gasteiger charge is -2.08. The van der Waals surface area contributed by atoms with Gasteiger partial charge in [-0.05, 0) is 30.7 Å². The number of rotatable bonds is 5. The molecule has 1 amide bonds. The molecular formula is C18H15N3O3S. The third kappa shape index (κ3) is 3.95. The predicted octanol–water partition coefficient (Wildman–Crippen LogP) is 4.18. The summed E-state index contributed by atoms with van der Waals surface area (Å²) < 4.78 is 0. The zero-order chi connectivity index (χ0) is 17.8. The summed E-state index contributed by atoms with van der Waals surface area (Å²) in [5.74, 6) is -0.161. The molecule has 0 radical (unpaired) electrons. The van der Waals surface area contributed by atoms with E-state index in [-0.39, 0.29) is 23.0 Å². The first-order chi connectivity index (χ1) is 12.0. The van der Waals surface area contributed by atoms with E-state index in [1.54, 1.807) is 25.3 Å². The Bertz CT molecular complexity index is 954. The number of carbonyl (C=O) groups is 1. The average Bonchev–Trinajstić information content (AvgIpc) is 2.61. The van der Waals surface area contributed by atoms with Gasteiger partial charge in [-0.2, -0.15) is 0 Å². The Hall–Kier alpha value is -2.93. The molecule has 0 aliphatic rings. The van der Waals surface area contributed by atoms with E-state index in [1.165, 1.54) is 17.8 Å². The fourth-order valence-electron chi connectivity index (χ4n) is 2.42. The van der Waals surface area contributed by atoms with Gasteiger partial charge >= 0.3 is 0 Å². The van der Waals surface area contributed by atoms with Crippen molar-refractivity contribution in [1.82, 2.24) is 4.98 Å². The summed E-state index contributed by atoms with van der Waals surface area (Å²) >= 11 is 1.35. The first kappa shape index (κ1) is 16.9. The van der Waals surface area contributed by atoms with Crippen molar-refractivity contribution in [2.75, 3.05) is 11.1 Å². The molecule has 3 rings (SSSR count). The van der Waals surface area contributed by atoms with Crippen LogP contribution in [0.5, 0.6) is 0 Å². The zero-order valence-corrected chi connectivity index (χ0v) is 14.2. The predicted molar refractivity (Wildman–Crippen MR) is 98.9 cm³/mol. The molecule has 25 heavy (non-hydrogen) atoms. The topological polar surface area (TPSA) is 85.1 Å². The highest BCUT2D eigenvalue weighted by atomic mass is 32.2. The van der Waals surface area contributed by atoms with Crippen LogP contribution in [0, 0.1) is 17.0 Å². The number of para-hydroxylation sites is 1. The molecule has 1 heterocycles. The molecule has 0 saturated carbocycles. The second kappa shape index (κ2) is 7.31. The van der Waals surface area contributed by atoms with E-state index in [0.717, 1.165) is 21.4 Å². The fourth-order valence-corrected chi connectivity index (χ4v) is 3.26. The Balaban J connectivity index is 1.72. The van der Waals surface area contributed by atoms with E-state index < -0.39 is 4.92 Å². The Morgan fingerprint density at radius 3 is 2.84 bits per heavy atom. The molecule has 0 bridgehead atoms. The van der Waals surface area contributed by atoms with Crippen LogP contribution < -0.4 is 5.32 Å². The van der Waals surface area contributed by atoms with Gasteiger partial charge in [-0.3, -0.25) is 19.9 Å². The zero-order valence-electron chi connectivity index (χ0n) is 13.4. The molecule has 2 aromatic carbocycles.